The van der Waals surface area contributed by atoms with Crippen LogP contribution in [0.25, 0.3) is 90.9 Å². The molecule has 4 saturated heterocycles. The van der Waals surface area contributed by atoms with E-state index in [2.05, 4.69) is 156 Å². The van der Waals surface area contributed by atoms with Gasteiger partial charge in [0.25, 0.3) is 0 Å². The Morgan fingerprint density at radius 2 is 0.558 bits per heavy atom. The quantitative estimate of drug-likeness (QED) is 0.123. The summed E-state index contributed by atoms with van der Waals surface area (Å²) >= 11 is 0. The van der Waals surface area contributed by atoms with Crippen molar-refractivity contribution >= 4 is 138 Å². The van der Waals surface area contributed by atoms with Gasteiger partial charge in [0.05, 0.1) is 85.5 Å². The van der Waals surface area contributed by atoms with Crippen LogP contribution < -0.4 is 51.4 Å². The molecular formula is C60H46B12KN4+. The topological polar surface area (TPSA) is 57.4 Å². The van der Waals surface area contributed by atoms with Gasteiger partial charge in [-0.3, -0.25) is 0 Å². The zero-order valence-electron chi connectivity index (χ0n) is 44.5. The van der Waals surface area contributed by atoms with Crippen LogP contribution in [0.5, 0.6) is 0 Å². The Morgan fingerprint density at radius 3 is 0.753 bits per heavy atom. The second-order valence-corrected chi connectivity index (χ2v) is 23.9. The van der Waals surface area contributed by atoms with Gasteiger partial charge < -0.3 is 9.97 Å². The third-order valence-corrected chi connectivity index (χ3v) is 17.5. The largest absolute Gasteiger partial charge is 1.00 e. The summed E-state index contributed by atoms with van der Waals surface area (Å²) in [6.45, 7) is 7.92. The first-order valence-electron chi connectivity index (χ1n) is 26.3. The number of H-pyrrole nitrogens is 2. The van der Waals surface area contributed by atoms with Crippen molar-refractivity contribution in [1.29, 1.82) is 0 Å². The molecule has 77 heavy (non-hydrogen) atoms. The Morgan fingerprint density at radius 1 is 0.351 bits per heavy atom. The van der Waals surface area contributed by atoms with Crippen molar-refractivity contribution in [1.82, 2.24) is 19.9 Å². The number of nitrogens with one attached hydrogen (secondary N) is 2. The SMILES string of the molecule is [B]C1(C)[B]C1([B])Cc1cccc(-c2c3nc(c(-c4cccc(CC5([B])[B]C5([B])C)c4)c4ccc([nH]4)c(-c4cccc(CC5([B])[B]C5([B])C)c4)c4nc(c(-c5cccc(CC6([B])[B]C6([B])C)c5)c5ccc2[nH]5)C=C4)C=C3)c1.[K+]. The summed E-state index contributed by atoms with van der Waals surface area (Å²) in [5.41, 5.74) is 18.7. The standard InChI is InChI=1S/C60H46B12N4.K/c1-53(61)57(65,69-53)29-33-9-5-13-37(25-33)49-41-17-19-43(73-41)50(38-14-6-10-34(26-38)30-58(66)54(2,62)70-58)45-21-23-47(75-45)52(40-16-8-12-36(28-40)32-60(68)56(4,64)72-60)48-24-22-46(76-48)51(44-20-18-42(49)74-44)39-15-7-11-35(27-39)31-59(67)55(3,63)71-59;/h5-28,73,76H,29-32H2,1-4H3;/q;+1. The Hall–Kier alpha value is -4.10. The van der Waals surface area contributed by atoms with Crippen LogP contribution in [-0.4, -0.2) is 112 Å². The number of hydrogen-bond acceptors (Lipinski definition) is 2. The number of aromatic nitrogens is 4. The first-order chi connectivity index (χ1) is 35.9. The predicted octanol–water partition coefficient (Wildman–Crippen LogP) is 7.73. The summed E-state index contributed by atoms with van der Waals surface area (Å²) in [6.07, 6.45) is 10.9. The molecule has 3 aromatic heterocycles. The van der Waals surface area contributed by atoms with Crippen LogP contribution in [-0.2, 0) is 25.7 Å². The minimum atomic E-state index is -0.609. The molecule has 4 aromatic carbocycles. The summed E-state index contributed by atoms with van der Waals surface area (Å²) in [5.74, 6) is 0. The van der Waals surface area contributed by atoms with Crippen LogP contribution >= 0.6 is 0 Å². The molecule has 0 spiro atoms. The van der Waals surface area contributed by atoms with Gasteiger partial charge in [0, 0.05) is 44.3 Å². The predicted molar refractivity (Wildman–Crippen MR) is 329 cm³/mol. The maximum absolute atomic E-state index is 6.84. The molecule has 8 atom stereocenters. The summed E-state index contributed by atoms with van der Waals surface area (Å²) < 4.78 is 0. The molecule has 9 heterocycles. The fourth-order valence-corrected chi connectivity index (χ4v) is 12.1. The van der Waals surface area contributed by atoms with Gasteiger partial charge >= 0.3 is 51.4 Å². The van der Waals surface area contributed by atoms with Gasteiger partial charge in [0.15, 0.2) is 0 Å². The van der Waals surface area contributed by atoms with Crippen molar-refractivity contribution in [2.24, 2.45) is 0 Å². The molecule has 342 valence electrons. The van der Waals surface area contributed by atoms with Crippen molar-refractivity contribution in [2.75, 3.05) is 0 Å². The molecule has 2 N–H and O–H groups in total. The second-order valence-electron chi connectivity index (χ2n) is 23.9. The average Bonchev–Trinajstić information content (AvgIpc) is 4.04. The van der Waals surface area contributed by atoms with E-state index >= 15 is 0 Å². The van der Waals surface area contributed by atoms with E-state index in [-0.39, 0.29) is 51.4 Å². The molecule has 8 unspecified atom stereocenters. The van der Waals surface area contributed by atoms with E-state index in [4.69, 9.17) is 72.7 Å². The average molecular weight is 992 g/mol. The first kappa shape index (κ1) is 53.5. The smallest absolute Gasteiger partial charge is 0.354 e. The molecule has 6 aliphatic rings. The Kier molecular flexibility index (Phi) is 12.8. The molecule has 0 amide bonds. The number of benzene rings is 4. The molecule has 6 aliphatic heterocycles. The van der Waals surface area contributed by atoms with E-state index in [9.17, 15) is 0 Å². The Labute approximate surface area is 510 Å². The fourth-order valence-electron chi connectivity index (χ4n) is 12.1. The Bertz CT molecular complexity index is 3380. The summed E-state index contributed by atoms with van der Waals surface area (Å²) in [7, 11) is 61.7. The van der Waals surface area contributed by atoms with E-state index < -0.39 is 41.7 Å². The third-order valence-electron chi connectivity index (χ3n) is 17.5. The van der Waals surface area contributed by atoms with Crippen LogP contribution in [0.3, 0.4) is 0 Å². The molecule has 7 aromatic rings. The number of hydrogen-bond donors (Lipinski definition) is 2. The van der Waals surface area contributed by atoms with Crippen molar-refractivity contribution < 1.29 is 51.4 Å². The summed E-state index contributed by atoms with van der Waals surface area (Å²) in [6, 6.07) is 42.8. The number of fused-ring (bicyclic) bond motifs is 8. The van der Waals surface area contributed by atoms with Crippen molar-refractivity contribution in [3.63, 3.8) is 0 Å². The van der Waals surface area contributed by atoms with Gasteiger partial charge in [-0.25, -0.2) is 9.97 Å². The fraction of sp³-hybridized carbons (Fsp3) is 0.267. The Balaban J connectivity index is 0.00000596. The van der Waals surface area contributed by atoms with E-state index in [1.165, 1.54) is 0 Å². The zero-order chi connectivity index (χ0) is 53.0. The van der Waals surface area contributed by atoms with Gasteiger partial charge in [-0.05, 0) is 119 Å². The molecule has 20 radical (unpaired) electrons. The monoisotopic (exact) mass is 993 g/mol. The van der Waals surface area contributed by atoms with Crippen LogP contribution in [0.15, 0.2) is 121 Å². The molecule has 13 rings (SSSR count). The molecule has 0 aliphatic carbocycles. The van der Waals surface area contributed by atoms with E-state index in [0.29, 0.717) is 25.7 Å². The van der Waals surface area contributed by atoms with E-state index in [1.54, 1.807) is 0 Å². The molecule has 17 heteroatoms. The maximum atomic E-state index is 6.84. The second kappa shape index (κ2) is 18.5. The van der Waals surface area contributed by atoms with Gasteiger partial charge in [-0.1, -0.05) is 146 Å². The minimum Gasteiger partial charge on any atom is -0.354 e. The summed E-state index contributed by atoms with van der Waals surface area (Å²) in [4.78, 5) is 19.0. The van der Waals surface area contributed by atoms with Crippen molar-refractivity contribution in [3.8, 4) is 44.5 Å². The molecular weight excluding hydrogens is 946 g/mol. The van der Waals surface area contributed by atoms with Crippen LogP contribution in [0.2, 0.25) is 41.7 Å². The zero-order valence-corrected chi connectivity index (χ0v) is 47.6. The summed E-state index contributed by atoms with van der Waals surface area (Å²) in [5, 5.41) is -4.64. The molecule has 0 saturated carbocycles. The molecule has 4 fully saturated rings. The maximum Gasteiger partial charge on any atom is 1.00 e. The number of nitrogens with zero attached hydrogens (tertiary/aromatic N) is 2. The van der Waals surface area contributed by atoms with Gasteiger partial charge in [-0.15, -0.1) is 20.9 Å². The number of aromatic amines is 2. The van der Waals surface area contributed by atoms with Crippen molar-refractivity contribution in [3.05, 3.63) is 166 Å². The minimum absolute atomic E-state index is 0. The van der Waals surface area contributed by atoms with E-state index in [1.807, 2.05) is 56.8 Å². The van der Waals surface area contributed by atoms with Crippen LogP contribution in [0.1, 0.15) is 72.7 Å². The van der Waals surface area contributed by atoms with E-state index in [0.717, 1.165) is 112 Å². The number of rotatable bonds is 12. The van der Waals surface area contributed by atoms with Crippen LogP contribution in [0, 0.1) is 0 Å². The van der Waals surface area contributed by atoms with Crippen LogP contribution in [0.4, 0.5) is 0 Å². The van der Waals surface area contributed by atoms with Gasteiger partial charge in [0.1, 0.15) is 29.1 Å². The normalized spacial score (nSPS) is 29.8. The van der Waals surface area contributed by atoms with Crippen molar-refractivity contribution in [2.45, 2.75) is 95.1 Å². The van der Waals surface area contributed by atoms with Gasteiger partial charge in [-0.2, -0.15) is 0 Å². The molecule has 4 nitrogen and oxygen atoms in total. The third kappa shape index (κ3) is 9.54. The van der Waals surface area contributed by atoms with Gasteiger partial charge in [0.2, 0.25) is 0 Å². The first-order valence-corrected chi connectivity index (χ1v) is 26.3. The molecule has 8 bridgehead atoms.